The Morgan fingerprint density at radius 2 is 1.67 bits per heavy atom. The van der Waals surface area contributed by atoms with Gasteiger partial charge in [0.05, 0.1) is 11.5 Å². The minimum absolute atomic E-state index is 0.161. The van der Waals surface area contributed by atoms with Crippen LogP contribution in [0.3, 0.4) is 0 Å². The van der Waals surface area contributed by atoms with Gasteiger partial charge in [0.2, 0.25) is 9.84 Å². The van der Waals surface area contributed by atoms with E-state index >= 15 is 0 Å². The first-order valence-corrected chi connectivity index (χ1v) is 9.46. The van der Waals surface area contributed by atoms with Crippen LogP contribution in [0.1, 0.15) is 37.3 Å². The van der Waals surface area contributed by atoms with Gasteiger partial charge in [-0.05, 0) is 36.6 Å². The molecule has 24 heavy (non-hydrogen) atoms. The van der Waals surface area contributed by atoms with Crippen molar-refractivity contribution in [3.63, 3.8) is 0 Å². The molecule has 0 saturated heterocycles. The van der Waals surface area contributed by atoms with Gasteiger partial charge in [0.1, 0.15) is 0 Å². The molecule has 0 atom stereocenters. The molecule has 3 nitrogen and oxygen atoms in total. The van der Waals surface area contributed by atoms with E-state index in [2.05, 4.69) is 11.8 Å². The van der Waals surface area contributed by atoms with Gasteiger partial charge in [-0.3, -0.25) is 0 Å². The van der Waals surface area contributed by atoms with Gasteiger partial charge < -0.3 is 0 Å². The van der Waals surface area contributed by atoms with E-state index in [-0.39, 0.29) is 9.92 Å². The van der Waals surface area contributed by atoms with E-state index in [9.17, 15) is 8.42 Å². The van der Waals surface area contributed by atoms with E-state index in [0.29, 0.717) is 12.0 Å². The average molecular weight is 339 g/mol. The standard InChI is InChI=1S/C20H21NO2S/c1-4-5-11-19(17-9-7-6-8-10-17)20(21-3)24(22,23)18-14-12-16(2)13-15-18/h6-10,12-15H,4-5,11H2,1-2H3/b20-19-. The molecule has 0 spiro atoms. The molecule has 4 heteroatoms. The molecule has 0 aliphatic heterocycles. The summed E-state index contributed by atoms with van der Waals surface area (Å²) in [6.45, 7) is 11.5. The van der Waals surface area contributed by atoms with E-state index in [4.69, 9.17) is 6.57 Å². The van der Waals surface area contributed by atoms with Crippen LogP contribution in [-0.2, 0) is 9.84 Å². The number of rotatable bonds is 6. The van der Waals surface area contributed by atoms with E-state index in [1.54, 1.807) is 24.3 Å². The molecule has 124 valence electrons. The maximum atomic E-state index is 13.0. The van der Waals surface area contributed by atoms with Crippen molar-refractivity contribution < 1.29 is 8.42 Å². The Labute approximate surface area is 144 Å². The van der Waals surface area contributed by atoms with E-state index in [1.165, 1.54) is 0 Å². The fraction of sp³-hybridized carbons (Fsp3) is 0.250. The molecular weight excluding hydrogens is 318 g/mol. The minimum Gasteiger partial charge on any atom is -0.230 e. The van der Waals surface area contributed by atoms with Crippen molar-refractivity contribution in [2.24, 2.45) is 0 Å². The highest BCUT2D eigenvalue weighted by atomic mass is 32.2. The number of nitrogens with zero attached hydrogens (tertiary/aromatic N) is 1. The Balaban J connectivity index is 2.64. The summed E-state index contributed by atoms with van der Waals surface area (Å²) in [5.74, 6) is 0. The first-order chi connectivity index (χ1) is 11.5. The zero-order chi connectivity index (χ0) is 17.6. The molecule has 0 amide bonds. The van der Waals surface area contributed by atoms with E-state index < -0.39 is 9.84 Å². The molecule has 0 aromatic heterocycles. The van der Waals surface area contributed by atoms with Crippen LogP contribution in [0.2, 0.25) is 0 Å². The Morgan fingerprint density at radius 3 is 2.21 bits per heavy atom. The second kappa shape index (κ2) is 7.94. The van der Waals surface area contributed by atoms with Crippen LogP contribution >= 0.6 is 0 Å². The van der Waals surface area contributed by atoms with Crippen LogP contribution in [0.5, 0.6) is 0 Å². The number of aryl methyl sites for hydroxylation is 1. The fourth-order valence-corrected chi connectivity index (χ4v) is 3.87. The van der Waals surface area contributed by atoms with Crippen molar-refractivity contribution in [2.75, 3.05) is 0 Å². The molecule has 0 unspecified atom stereocenters. The molecule has 0 saturated carbocycles. The monoisotopic (exact) mass is 339 g/mol. The van der Waals surface area contributed by atoms with Crippen LogP contribution in [0.15, 0.2) is 64.5 Å². The fourth-order valence-electron chi connectivity index (χ4n) is 2.49. The predicted molar refractivity (Wildman–Crippen MR) is 97.9 cm³/mol. The van der Waals surface area contributed by atoms with Crippen molar-refractivity contribution in [1.29, 1.82) is 0 Å². The third kappa shape index (κ3) is 3.93. The molecule has 0 N–H and O–H groups in total. The van der Waals surface area contributed by atoms with Crippen molar-refractivity contribution in [2.45, 2.75) is 38.0 Å². The van der Waals surface area contributed by atoms with Crippen LogP contribution in [0.25, 0.3) is 10.4 Å². The van der Waals surface area contributed by atoms with E-state index in [1.807, 2.05) is 37.3 Å². The molecule has 0 aliphatic carbocycles. The summed E-state index contributed by atoms with van der Waals surface area (Å²) in [6.07, 6.45) is 2.35. The first-order valence-electron chi connectivity index (χ1n) is 7.98. The highest BCUT2D eigenvalue weighted by Crippen LogP contribution is 2.32. The van der Waals surface area contributed by atoms with Crippen LogP contribution in [-0.4, -0.2) is 8.42 Å². The van der Waals surface area contributed by atoms with Crippen molar-refractivity contribution in [1.82, 2.24) is 0 Å². The molecule has 0 aliphatic rings. The molecule has 2 aromatic carbocycles. The number of hydrogen-bond donors (Lipinski definition) is 0. The molecule has 0 heterocycles. The van der Waals surface area contributed by atoms with Gasteiger partial charge in [-0.15, -0.1) is 0 Å². The third-order valence-electron chi connectivity index (χ3n) is 3.85. The maximum Gasteiger partial charge on any atom is 0.286 e. The minimum atomic E-state index is -3.82. The molecular formula is C20H21NO2S. The summed E-state index contributed by atoms with van der Waals surface area (Å²) in [5, 5.41) is -0.161. The second-order valence-electron chi connectivity index (χ2n) is 5.68. The normalized spacial score (nSPS) is 12.4. The third-order valence-corrected chi connectivity index (χ3v) is 5.59. The van der Waals surface area contributed by atoms with Crippen molar-refractivity contribution in [3.05, 3.63) is 82.2 Å². The molecule has 0 bridgehead atoms. The van der Waals surface area contributed by atoms with Crippen LogP contribution < -0.4 is 0 Å². The molecule has 2 aromatic rings. The highest BCUT2D eigenvalue weighted by molar-refractivity contribution is 7.95. The summed E-state index contributed by atoms with van der Waals surface area (Å²) < 4.78 is 26.0. The lowest BCUT2D eigenvalue weighted by molar-refractivity contribution is 0.603. The zero-order valence-electron chi connectivity index (χ0n) is 14.0. The van der Waals surface area contributed by atoms with Crippen LogP contribution in [0.4, 0.5) is 0 Å². The summed E-state index contributed by atoms with van der Waals surface area (Å²) in [5.41, 5.74) is 2.39. The number of allylic oxidation sites excluding steroid dienone is 1. The lowest BCUT2D eigenvalue weighted by Gasteiger charge is -2.12. The highest BCUT2D eigenvalue weighted by Gasteiger charge is 2.26. The zero-order valence-corrected chi connectivity index (χ0v) is 14.8. The lowest BCUT2D eigenvalue weighted by Crippen LogP contribution is -2.05. The largest absolute Gasteiger partial charge is 0.286 e. The van der Waals surface area contributed by atoms with Gasteiger partial charge in [0.15, 0.2) is 0 Å². The van der Waals surface area contributed by atoms with Crippen LogP contribution in [0, 0.1) is 13.5 Å². The average Bonchev–Trinajstić information content (AvgIpc) is 2.59. The topological polar surface area (TPSA) is 38.5 Å². The Kier molecular flexibility index (Phi) is 5.94. The molecule has 2 rings (SSSR count). The number of sulfone groups is 1. The maximum absolute atomic E-state index is 13.0. The van der Waals surface area contributed by atoms with Gasteiger partial charge in [-0.1, -0.05) is 67.8 Å². The van der Waals surface area contributed by atoms with Gasteiger partial charge in [-0.25, -0.2) is 13.3 Å². The lowest BCUT2D eigenvalue weighted by atomic mass is 10.0. The smallest absolute Gasteiger partial charge is 0.230 e. The van der Waals surface area contributed by atoms with Crippen molar-refractivity contribution >= 4 is 15.4 Å². The number of unbranched alkanes of at least 4 members (excludes halogenated alkanes) is 1. The number of benzene rings is 2. The van der Waals surface area contributed by atoms with Gasteiger partial charge in [0, 0.05) is 0 Å². The predicted octanol–water partition coefficient (Wildman–Crippen LogP) is 5.25. The van der Waals surface area contributed by atoms with Crippen molar-refractivity contribution in [3.8, 4) is 0 Å². The Morgan fingerprint density at radius 1 is 1.04 bits per heavy atom. The number of hydrogen-bond acceptors (Lipinski definition) is 2. The second-order valence-corrected chi connectivity index (χ2v) is 7.55. The van der Waals surface area contributed by atoms with Gasteiger partial charge in [-0.2, -0.15) is 0 Å². The molecule has 0 radical (unpaired) electrons. The molecule has 0 fully saturated rings. The van der Waals surface area contributed by atoms with E-state index in [0.717, 1.165) is 24.0 Å². The first kappa shape index (κ1) is 18.0. The Hall–Kier alpha value is -2.38. The summed E-state index contributed by atoms with van der Waals surface area (Å²) in [4.78, 5) is 3.60. The summed E-state index contributed by atoms with van der Waals surface area (Å²) in [7, 11) is -3.82. The summed E-state index contributed by atoms with van der Waals surface area (Å²) in [6, 6.07) is 16.0. The van der Waals surface area contributed by atoms with Gasteiger partial charge >= 0.3 is 0 Å². The SMILES string of the molecule is [C-]#[N+]/C(=C(\CCCC)c1ccccc1)S(=O)(=O)c1ccc(C)cc1. The van der Waals surface area contributed by atoms with Gasteiger partial charge in [0.25, 0.3) is 5.03 Å². The quantitative estimate of drug-likeness (QED) is 0.674. The Bertz CT molecular complexity index is 858. The summed E-state index contributed by atoms with van der Waals surface area (Å²) >= 11 is 0.